The van der Waals surface area contributed by atoms with E-state index in [-0.39, 0.29) is 17.5 Å². The van der Waals surface area contributed by atoms with E-state index in [4.69, 9.17) is 9.84 Å². The number of methoxy groups -OCH3 is 1. The van der Waals surface area contributed by atoms with Crippen molar-refractivity contribution in [1.29, 1.82) is 0 Å². The summed E-state index contributed by atoms with van der Waals surface area (Å²) in [4.78, 5) is 4.13. The number of anilines is 1. The van der Waals surface area contributed by atoms with Crippen LogP contribution in [0.2, 0.25) is 0 Å². The first kappa shape index (κ1) is 15.8. The molecule has 0 spiro atoms. The second-order valence-electron chi connectivity index (χ2n) is 4.15. The molecule has 8 heteroatoms. The van der Waals surface area contributed by atoms with E-state index in [1.54, 1.807) is 6.07 Å². The lowest BCUT2D eigenvalue weighted by Crippen LogP contribution is -2.29. The van der Waals surface area contributed by atoms with E-state index < -0.39 is 10.0 Å². The van der Waals surface area contributed by atoms with Crippen molar-refractivity contribution in [1.82, 2.24) is 9.29 Å². The van der Waals surface area contributed by atoms with E-state index in [9.17, 15) is 8.42 Å². The van der Waals surface area contributed by atoms with Crippen molar-refractivity contribution in [3.8, 4) is 0 Å². The first-order valence-corrected chi connectivity index (χ1v) is 7.10. The van der Waals surface area contributed by atoms with E-state index in [1.807, 2.05) is 0 Å². The van der Waals surface area contributed by atoms with E-state index in [0.29, 0.717) is 12.4 Å². The molecule has 1 aromatic rings. The van der Waals surface area contributed by atoms with Gasteiger partial charge in [0, 0.05) is 27.4 Å². The third-order valence-corrected chi connectivity index (χ3v) is 4.25. The Morgan fingerprint density at radius 2 is 2.16 bits per heavy atom. The minimum Gasteiger partial charge on any atom is -0.394 e. The third-order valence-electron chi connectivity index (χ3n) is 2.46. The number of aliphatic hydroxyl groups excluding tert-OH is 1. The maximum Gasteiger partial charge on any atom is 0.244 e. The summed E-state index contributed by atoms with van der Waals surface area (Å²) in [6, 6.07) is 2.73. The average molecular weight is 289 g/mol. The minimum absolute atomic E-state index is 0.104. The van der Waals surface area contributed by atoms with Gasteiger partial charge >= 0.3 is 0 Å². The fourth-order valence-electron chi connectivity index (χ4n) is 1.38. The number of hydrogen-bond donors (Lipinski definition) is 2. The number of nitrogens with one attached hydrogen (secondary N) is 1. The standard InChI is InChI=1S/C11H19N3O4S/c1-14(2)19(16,17)10-4-5-11(12-6-10)13-9(7-15)8-18-3/h4-6,9,15H,7-8H2,1-3H3,(H,12,13). The Hall–Kier alpha value is -1.22. The molecule has 1 unspecified atom stereocenters. The molecule has 19 heavy (non-hydrogen) atoms. The van der Waals surface area contributed by atoms with Crippen molar-refractivity contribution < 1.29 is 18.3 Å². The van der Waals surface area contributed by atoms with Crippen LogP contribution in [0.25, 0.3) is 0 Å². The molecule has 0 saturated heterocycles. The minimum atomic E-state index is -3.47. The topological polar surface area (TPSA) is 91.8 Å². The summed E-state index contributed by atoms with van der Waals surface area (Å²) in [5, 5.41) is 12.0. The first-order chi connectivity index (χ1) is 8.91. The van der Waals surface area contributed by atoms with Gasteiger partial charge in [0.15, 0.2) is 0 Å². The maximum atomic E-state index is 11.8. The molecule has 7 nitrogen and oxygen atoms in total. The van der Waals surface area contributed by atoms with Crippen molar-refractivity contribution in [3.05, 3.63) is 18.3 Å². The van der Waals surface area contributed by atoms with Gasteiger partial charge in [-0.1, -0.05) is 0 Å². The molecule has 0 saturated carbocycles. The van der Waals surface area contributed by atoms with Gasteiger partial charge in [-0.3, -0.25) is 0 Å². The van der Waals surface area contributed by atoms with E-state index in [1.165, 1.54) is 33.5 Å². The van der Waals surface area contributed by atoms with Crippen molar-refractivity contribution in [2.75, 3.05) is 39.7 Å². The van der Waals surface area contributed by atoms with E-state index >= 15 is 0 Å². The quantitative estimate of drug-likeness (QED) is 0.719. The van der Waals surface area contributed by atoms with Crippen molar-refractivity contribution in [3.63, 3.8) is 0 Å². The largest absolute Gasteiger partial charge is 0.394 e. The van der Waals surface area contributed by atoms with Gasteiger partial charge in [-0.05, 0) is 12.1 Å². The van der Waals surface area contributed by atoms with Crippen LogP contribution in [0.1, 0.15) is 0 Å². The van der Waals surface area contributed by atoms with Crippen LogP contribution in [0.15, 0.2) is 23.2 Å². The Labute approximate surface area is 113 Å². The van der Waals surface area contributed by atoms with Crippen molar-refractivity contribution in [2.24, 2.45) is 0 Å². The Morgan fingerprint density at radius 1 is 1.47 bits per heavy atom. The van der Waals surface area contributed by atoms with Gasteiger partial charge in [-0.25, -0.2) is 17.7 Å². The van der Waals surface area contributed by atoms with Crippen LogP contribution in [0.4, 0.5) is 5.82 Å². The summed E-state index contributed by atoms with van der Waals surface area (Å²) in [7, 11) is 0.984. The number of nitrogens with zero attached hydrogens (tertiary/aromatic N) is 2. The molecule has 0 aromatic carbocycles. The second-order valence-corrected chi connectivity index (χ2v) is 6.30. The number of sulfonamides is 1. The normalized spacial score (nSPS) is 13.5. The number of aliphatic hydroxyl groups is 1. The van der Waals surface area contributed by atoms with Gasteiger partial charge in [0.2, 0.25) is 10.0 Å². The average Bonchev–Trinajstić information content (AvgIpc) is 2.38. The molecule has 0 aliphatic rings. The van der Waals surface area contributed by atoms with Crippen LogP contribution in [-0.2, 0) is 14.8 Å². The summed E-state index contributed by atoms with van der Waals surface area (Å²) >= 11 is 0. The Morgan fingerprint density at radius 3 is 2.58 bits per heavy atom. The molecular formula is C11H19N3O4S. The van der Waals surface area contributed by atoms with Gasteiger partial charge in [-0.2, -0.15) is 0 Å². The highest BCUT2D eigenvalue weighted by atomic mass is 32.2. The zero-order valence-corrected chi connectivity index (χ0v) is 12.0. The van der Waals surface area contributed by atoms with Crippen LogP contribution in [-0.4, -0.2) is 63.3 Å². The Bertz CT molecular complexity index is 487. The number of aromatic nitrogens is 1. The summed E-state index contributed by atoms with van der Waals surface area (Å²) in [6.45, 7) is 0.225. The number of ether oxygens (including phenoxy) is 1. The van der Waals surface area contributed by atoms with Crippen molar-refractivity contribution >= 4 is 15.8 Å². The summed E-state index contributed by atoms with van der Waals surface area (Å²) in [6.07, 6.45) is 1.28. The molecule has 1 rings (SSSR count). The zero-order valence-electron chi connectivity index (χ0n) is 11.2. The van der Waals surface area contributed by atoms with Gasteiger partial charge in [0.05, 0.1) is 19.3 Å². The predicted molar refractivity (Wildman–Crippen MR) is 71.5 cm³/mol. The van der Waals surface area contributed by atoms with Gasteiger partial charge in [-0.15, -0.1) is 0 Å². The molecule has 1 heterocycles. The lowest BCUT2D eigenvalue weighted by Gasteiger charge is -2.16. The third kappa shape index (κ3) is 4.13. The SMILES string of the molecule is COCC(CO)Nc1ccc(S(=O)(=O)N(C)C)cn1. The van der Waals surface area contributed by atoms with Crippen LogP contribution in [0, 0.1) is 0 Å². The fourth-order valence-corrected chi connectivity index (χ4v) is 2.23. The highest BCUT2D eigenvalue weighted by Crippen LogP contribution is 2.14. The molecular weight excluding hydrogens is 270 g/mol. The summed E-state index contributed by atoms with van der Waals surface area (Å²) < 4.78 is 29.7. The number of hydrogen-bond acceptors (Lipinski definition) is 6. The van der Waals surface area contributed by atoms with Gasteiger partial charge in [0.25, 0.3) is 0 Å². The smallest absolute Gasteiger partial charge is 0.244 e. The lowest BCUT2D eigenvalue weighted by molar-refractivity contribution is 0.153. The maximum absolute atomic E-state index is 11.8. The van der Waals surface area contributed by atoms with Gasteiger partial charge in [0.1, 0.15) is 10.7 Å². The molecule has 108 valence electrons. The summed E-state index contributed by atoms with van der Waals surface area (Å²) in [5.41, 5.74) is 0. The van der Waals surface area contributed by atoms with Crippen LogP contribution in [0.3, 0.4) is 0 Å². The first-order valence-electron chi connectivity index (χ1n) is 5.66. The van der Waals surface area contributed by atoms with E-state index in [0.717, 1.165) is 4.31 Å². The van der Waals surface area contributed by atoms with Crippen LogP contribution in [0.5, 0.6) is 0 Å². The fraction of sp³-hybridized carbons (Fsp3) is 0.545. The molecule has 0 fully saturated rings. The molecule has 0 amide bonds. The number of rotatable bonds is 7. The molecule has 0 aliphatic carbocycles. The van der Waals surface area contributed by atoms with Gasteiger partial charge < -0.3 is 15.2 Å². The monoisotopic (exact) mass is 289 g/mol. The highest BCUT2D eigenvalue weighted by Gasteiger charge is 2.17. The Balaban J connectivity index is 2.82. The van der Waals surface area contributed by atoms with Crippen LogP contribution >= 0.6 is 0 Å². The van der Waals surface area contributed by atoms with Crippen LogP contribution < -0.4 is 5.32 Å². The van der Waals surface area contributed by atoms with Crippen molar-refractivity contribution in [2.45, 2.75) is 10.9 Å². The second kappa shape index (κ2) is 6.80. The molecule has 2 N–H and O–H groups in total. The molecule has 0 bridgehead atoms. The Kier molecular flexibility index (Phi) is 5.67. The molecule has 0 aliphatic heterocycles. The molecule has 1 atom stereocenters. The highest BCUT2D eigenvalue weighted by molar-refractivity contribution is 7.89. The lowest BCUT2D eigenvalue weighted by atomic mass is 10.3. The summed E-state index contributed by atoms with van der Waals surface area (Å²) in [5.74, 6) is 0.480. The predicted octanol–water partition coefficient (Wildman–Crippen LogP) is -0.249. The number of pyridine rings is 1. The zero-order chi connectivity index (χ0) is 14.5. The van der Waals surface area contributed by atoms with E-state index in [2.05, 4.69) is 10.3 Å². The molecule has 0 radical (unpaired) electrons. The molecule has 1 aromatic heterocycles.